The summed E-state index contributed by atoms with van der Waals surface area (Å²) in [4.78, 5) is 0. The molecule has 0 bridgehead atoms. The van der Waals surface area contributed by atoms with Gasteiger partial charge in [0.1, 0.15) is 0 Å². The minimum atomic E-state index is 0.550. The molecule has 0 spiro atoms. The van der Waals surface area contributed by atoms with Crippen LogP contribution in [0.4, 0.5) is 0 Å². The highest BCUT2D eigenvalue weighted by atomic mass is 14.7. The molecule has 2 N–H and O–H groups in total. The molecular weight excluding hydrogens is 122 g/mol. The normalized spacial score (nSPS) is 38.7. The first-order chi connectivity index (χ1) is 4.66. The molecular formula is C9H19N. The van der Waals surface area contributed by atoms with Crippen LogP contribution in [0.1, 0.15) is 33.6 Å². The van der Waals surface area contributed by atoms with Gasteiger partial charge in [-0.25, -0.2) is 0 Å². The molecule has 0 aromatic carbocycles. The minimum Gasteiger partial charge on any atom is -0.330 e. The van der Waals surface area contributed by atoms with Crippen LogP contribution in [0.5, 0.6) is 0 Å². The van der Waals surface area contributed by atoms with Crippen LogP contribution in [0.15, 0.2) is 0 Å². The van der Waals surface area contributed by atoms with Gasteiger partial charge in [-0.2, -0.15) is 0 Å². The third-order valence-corrected chi connectivity index (χ3v) is 3.17. The standard InChI is InChI=1S/C9H19N/c1-4-9(6-10)5-8(9)7(2)3/h7-8H,4-6,10H2,1-3H3. The molecule has 1 saturated carbocycles. The summed E-state index contributed by atoms with van der Waals surface area (Å²) >= 11 is 0. The molecule has 2 unspecified atom stereocenters. The Balaban J connectivity index is 2.45. The molecule has 1 rings (SSSR count). The van der Waals surface area contributed by atoms with Crippen molar-refractivity contribution >= 4 is 0 Å². The van der Waals surface area contributed by atoms with Crippen LogP contribution in [-0.4, -0.2) is 6.54 Å². The lowest BCUT2D eigenvalue weighted by Crippen LogP contribution is -2.18. The SMILES string of the molecule is CCC1(CN)CC1C(C)C. The van der Waals surface area contributed by atoms with Gasteiger partial charge in [-0.05, 0) is 36.6 Å². The van der Waals surface area contributed by atoms with Gasteiger partial charge in [-0.15, -0.1) is 0 Å². The second-order valence-corrected chi connectivity index (χ2v) is 3.97. The van der Waals surface area contributed by atoms with Crippen LogP contribution < -0.4 is 5.73 Å². The molecule has 0 aromatic rings. The second-order valence-electron chi connectivity index (χ2n) is 3.97. The van der Waals surface area contributed by atoms with Crippen LogP contribution in [0, 0.1) is 17.3 Å². The summed E-state index contributed by atoms with van der Waals surface area (Å²) in [6.45, 7) is 7.76. The minimum absolute atomic E-state index is 0.550. The molecule has 0 radical (unpaired) electrons. The van der Waals surface area contributed by atoms with E-state index in [1.165, 1.54) is 12.8 Å². The summed E-state index contributed by atoms with van der Waals surface area (Å²) < 4.78 is 0. The zero-order chi connectivity index (χ0) is 7.78. The number of nitrogens with two attached hydrogens (primary N) is 1. The molecule has 1 nitrogen and oxygen atoms in total. The van der Waals surface area contributed by atoms with Crippen LogP contribution in [0.2, 0.25) is 0 Å². The van der Waals surface area contributed by atoms with Gasteiger partial charge in [-0.3, -0.25) is 0 Å². The summed E-state index contributed by atoms with van der Waals surface area (Å²) in [5.41, 5.74) is 6.26. The van der Waals surface area contributed by atoms with E-state index >= 15 is 0 Å². The molecule has 1 heteroatoms. The average Bonchev–Trinajstić information content (AvgIpc) is 2.63. The van der Waals surface area contributed by atoms with Crippen molar-refractivity contribution in [2.75, 3.05) is 6.54 Å². The largest absolute Gasteiger partial charge is 0.330 e. The Morgan fingerprint density at radius 1 is 1.60 bits per heavy atom. The Hall–Kier alpha value is -0.0400. The van der Waals surface area contributed by atoms with E-state index in [1.54, 1.807) is 0 Å². The van der Waals surface area contributed by atoms with Crippen molar-refractivity contribution in [1.82, 2.24) is 0 Å². The van der Waals surface area contributed by atoms with Gasteiger partial charge in [0.25, 0.3) is 0 Å². The molecule has 1 aliphatic rings. The van der Waals surface area contributed by atoms with E-state index in [-0.39, 0.29) is 0 Å². The summed E-state index contributed by atoms with van der Waals surface area (Å²) in [5, 5.41) is 0. The van der Waals surface area contributed by atoms with Crippen molar-refractivity contribution in [1.29, 1.82) is 0 Å². The van der Waals surface area contributed by atoms with E-state index in [4.69, 9.17) is 5.73 Å². The lowest BCUT2D eigenvalue weighted by atomic mass is 9.95. The highest BCUT2D eigenvalue weighted by Gasteiger charge is 2.52. The predicted molar refractivity (Wildman–Crippen MR) is 44.7 cm³/mol. The maximum absolute atomic E-state index is 5.71. The van der Waals surface area contributed by atoms with E-state index in [1.807, 2.05) is 0 Å². The monoisotopic (exact) mass is 141 g/mol. The summed E-state index contributed by atoms with van der Waals surface area (Å²) in [6, 6.07) is 0. The van der Waals surface area contributed by atoms with Gasteiger partial charge in [0.05, 0.1) is 0 Å². The van der Waals surface area contributed by atoms with Crippen molar-refractivity contribution in [3.8, 4) is 0 Å². The summed E-state index contributed by atoms with van der Waals surface area (Å²) in [6.07, 6.45) is 2.64. The molecule has 1 aliphatic carbocycles. The lowest BCUT2D eigenvalue weighted by molar-refractivity contribution is 0.388. The highest BCUT2D eigenvalue weighted by molar-refractivity contribution is 5.03. The number of rotatable bonds is 3. The van der Waals surface area contributed by atoms with Gasteiger partial charge in [0, 0.05) is 0 Å². The first kappa shape index (κ1) is 8.06. The predicted octanol–water partition coefficient (Wildman–Crippen LogP) is 2.02. The third kappa shape index (κ3) is 1.07. The zero-order valence-corrected chi connectivity index (χ0v) is 7.35. The average molecular weight is 141 g/mol. The number of hydrogen-bond acceptors (Lipinski definition) is 1. The van der Waals surface area contributed by atoms with Crippen LogP contribution >= 0.6 is 0 Å². The van der Waals surface area contributed by atoms with Gasteiger partial charge >= 0.3 is 0 Å². The van der Waals surface area contributed by atoms with E-state index in [0.29, 0.717) is 5.41 Å². The Bertz CT molecular complexity index is 114. The summed E-state index contributed by atoms with van der Waals surface area (Å²) in [5.74, 6) is 1.76. The fraction of sp³-hybridized carbons (Fsp3) is 1.00. The van der Waals surface area contributed by atoms with Crippen molar-refractivity contribution in [3.63, 3.8) is 0 Å². The Kier molecular flexibility index (Phi) is 2.04. The van der Waals surface area contributed by atoms with Crippen molar-refractivity contribution in [3.05, 3.63) is 0 Å². The Labute approximate surface area is 64.0 Å². The first-order valence-electron chi connectivity index (χ1n) is 4.36. The van der Waals surface area contributed by atoms with E-state index in [0.717, 1.165) is 18.4 Å². The topological polar surface area (TPSA) is 26.0 Å². The molecule has 10 heavy (non-hydrogen) atoms. The molecule has 2 atom stereocenters. The van der Waals surface area contributed by atoms with E-state index in [2.05, 4.69) is 20.8 Å². The van der Waals surface area contributed by atoms with Crippen LogP contribution in [0.3, 0.4) is 0 Å². The lowest BCUT2D eigenvalue weighted by Gasteiger charge is -2.13. The molecule has 0 aromatic heterocycles. The third-order valence-electron chi connectivity index (χ3n) is 3.17. The zero-order valence-electron chi connectivity index (χ0n) is 7.35. The van der Waals surface area contributed by atoms with Crippen molar-refractivity contribution in [2.45, 2.75) is 33.6 Å². The molecule has 0 amide bonds. The van der Waals surface area contributed by atoms with Gasteiger partial charge in [-0.1, -0.05) is 20.8 Å². The quantitative estimate of drug-likeness (QED) is 0.639. The van der Waals surface area contributed by atoms with Crippen molar-refractivity contribution in [2.24, 2.45) is 23.0 Å². The van der Waals surface area contributed by atoms with Gasteiger partial charge in [0.15, 0.2) is 0 Å². The summed E-state index contributed by atoms with van der Waals surface area (Å²) in [7, 11) is 0. The molecule has 0 saturated heterocycles. The fourth-order valence-electron chi connectivity index (χ4n) is 2.11. The smallest absolute Gasteiger partial charge is 0.00178 e. The highest BCUT2D eigenvalue weighted by Crippen LogP contribution is 2.57. The first-order valence-corrected chi connectivity index (χ1v) is 4.36. The van der Waals surface area contributed by atoms with E-state index in [9.17, 15) is 0 Å². The Morgan fingerprint density at radius 2 is 2.20 bits per heavy atom. The molecule has 0 heterocycles. The fourth-order valence-corrected chi connectivity index (χ4v) is 2.11. The van der Waals surface area contributed by atoms with Crippen LogP contribution in [0.25, 0.3) is 0 Å². The maximum atomic E-state index is 5.71. The van der Waals surface area contributed by atoms with Crippen LogP contribution in [-0.2, 0) is 0 Å². The van der Waals surface area contributed by atoms with Gasteiger partial charge < -0.3 is 5.73 Å². The van der Waals surface area contributed by atoms with Crippen molar-refractivity contribution < 1.29 is 0 Å². The molecule has 1 fully saturated rings. The molecule has 0 aliphatic heterocycles. The Morgan fingerprint density at radius 3 is 2.30 bits per heavy atom. The second kappa shape index (κ2) is 2.54. The number of hydrogen-bond donors (Lipinski definition) is 1. The maximum Gasteiger partial charge on any atom is -0.00178 e. The van der Waals surface area contributed by atoms with Gasteiger partial charge in [0.2, 0.25) is 0 Å². The van der Waals surface area contributed by atoms with E-state index < -0.39 is 0 Å². The molecule has 60 valence electrons.